The Morgan fingerprint density at radius 2 is 1.80 bits per heavy atom. The molecule has 1 N–H and O–H groups in total. The summed E-state index contributed by atoms with van der Waals surface area (Å²) in [5, 5.41) is 12.0. The molecule has 0 radical (unpaired) electrons. The second kappa shape index (κ2) is 6.69. The highest BCUT2D eigenvalue weighted by Gasteiger charge is 2.01. The van der Waals surface area contributed by atoms with Gasteiger partial charge in [0.15, 0.2) is 0 Å². The number of nitriles is 1. The van der Waals surface area contributed by atoms with Crippen LogP contribution in [0.2, 0.25) is 0 Å². The maximum atomic E-state index is 13.3. The predicted molar refractivity (Wildman–Crippen MR) is 74.7 cm³/mol. The molecule has 0 aliphatic rings. The van der Waals surface area contributed by atoms with Crippen LogP contribution in [0, 0.1) is 17.1 Å². The molecule has 2 aromatic rings. The van der Waals surface area contributed by atoms with Crippen molar-refractivity contribution in [3.8, 4) is 11.8 Å². The van der Waals surface area contributed by atoms with Gasteiger partial charge in [0.2, 0.25) is 0 Å². The Bertz CT molecular complexity index is 617. The van der Waals surface area contributed by atoms with Gasteiger partial charge in [-0.05, 0) is 41.5 Å². The molecule has 0 bridgehead atoms. The topological polar surface area (TPSA) is 45.0 Å². The predicted octanol–water partition coefficient (Wildman–Crippen LogP) is 3.00. The largest absolute Gasteiger partial charge is 0.497 e. The van der Waals surface area contributed by atoms with Gasteiger partial charge in [-0.15, -0.1) is 0 Å². The molecular formula is C16H15FN2O. The number of halogens is 1. The first-order chi connectivity index (χ1) is 9.71. The summed E-state index contributed by atoms with van der Waals surface area (Å²) in [5.74, 6) is 0.433. The van der Waals surface area contributed by atoms with Gasteiger partial charge in [0.25, 0.3) is 0 Å². The fraction of sp³-hybridized carbons (Fsp3) is 0.188. The lowest BCUT2D eigenvalue weighted by Crippen LogP contribution is -2.12. The summed E-state index contributed by atoms with van der Waals surface area (Å²) in [4.78, 5) is 0. The van der Waals surface area contributed by atoms with E-state index in [1.54, 1.807) is 13.2 Å². The van der Waals surface area contributed by atoms with Crippen LogP contribution in [0.4, 0.5) is 4.39 Å². The molecule has 0 unspecified atom stereocenters. The van der Waals surface area contributed by atoms with E-state index in [0.717, 1.165) is 16.9 Å². The Balaban J connectivity index is 1.92. The van der Waals surface area contributed by atoms with Gasteiger partial charge in [-0.2, -0.15) is 5.26 Å². The average Bonchev–Trinajstić information content (AvgIpc) is 2.47. The maximum Gasteiger partial charge on any atom is 0.124 e. The number of rotatable bonds is 5. The molecule has 0 heterocycles. The van der Waals surface area contributed by atoms with Crippen LogP contribution in [-0.4, -0.2) is 7.11 Å². The monoisotopic (exact) mass is 270 g/mol. The molecule has 0 atom stereocenters. The van der Waals surface area contributed by atoms with Crippen LogP contribution < -0.4 is 10.1 Å². The number of nitrogens with one attached hydrogen (secondary N) is 1. The number of ether oxygens (including phenoxy) is 1. The Morgan fingerprint density at radius 3 is 2.45 bits per heavy atom. The minimum atomic E-state index is -0.384. The van der Waals surface area contributed by atoms with Crippen molar-refractivity contribution >= 4 is 0 Å². The van der Waals surface area contributed by atoms with Gasteiger partial charge >= 0.3 is 0 Å². The van der Waals surface area contributed by atoms with Crippen molar-refractivity contribution in [2.24, 2.45) is 0 Å². The summed E-state index contributed by atoms with van der Waals surface area (Å²) in [6.45, 7) is 1.18. The first-order valence-corrected chi connectivity index (χ1v) is 6.24. The third-order valence-corrected chi connectivity index (χ3v) is 2.90. The zero-order valence-electron chi connectivity index (χ0n) is 11.2. The molecule has 102 valence electrons. The highest BCUT2D eigenvalue weighted by molar-refractivity contribution is 5.33. The van der Waals surface area contributed by atoms with Crippen molar-refractivity contribution in [3.63, 3.8) is 0 Å². The van der Waals surface area contributed by atoms with Crippen molar-refractivity contribution in [1.82, 2.24) is 5.32 Å². The van der Waals surface area contributed by atoms with Crippen LogP contribution in [0.25, 0.3) is 0 Å². The average molecular weight is 270 g/mol. The highest BCUT2D eigenvalue weighted by Crippen LogP contribution is 2.12. The molecule has 0 spiro atoms. The summed E-state index contributed by atoms with van der Waals surface area (Å²) < 4.78 is 18.3. The van der Waals surface area contributed by atoms with Gasteiger partial charge in [0.1, 0.15) is 11.6 Å². The van der Waals surface area contributed by atoms with E-state index in [2.05, 4.69) is 5.32 Å². The first kappa shape index (κ1) is 14.0. The van der Waals surface area contributed by atoms with E-state index < -0.39 is 0 Å². The van der Waals surface area contributed by atoms with E-state index in [9.17, 15) is 4.39 Å². The van der Waals surface area contributed by atoms with E-state index in [1.165, 1.54) is 12.1 Å². The lowest BCUT2D eigenvalue weighted by molar-refractivity contribution is 0.414. The molecule has 3 nitrogen and oxygen atoms in total. The van der Waals surface area contributed by atoms with Gasteiger partial charge in [0.05, 0.1) is 18.7 Å². The van der Waals surface area contributed by atoms with Crippen LogP contribution in [-0.2, 0) is 13.1 Å². The first-order valence-electron chi connectivity index (χ1n) is 6.24. The third kappa shape index (κ3) is 3.81. The SMILES string of the molecule is COc1ccc(CNCc2cc(F)cc(C#N)c2)cc1. The molecule has 0 aliphatic carbocycles. The van der Waals surface area contributed by atoms with Crippen molar-refractivity contribution in [1.29, 1.82) is 5.26 Å². The van der Waals surface area contributed by atoms with E-state index in [0.29, 0.717) is 18.7 Å². The Morgan fingerprint density at radius 1 is 1.10 bits per heavy atom. The smallest absolute Gasteiger partial charge is 0.124 e. The minimum absolute atomic E-state index is 0.339. The van der Waals surface area contributed by atoms with E-state index in [1.807, 2.05) is 30.3 Å². The van der Waals surface area contributed by atoms with Gasteiger partial charge < -0.3 is 10.1 Å². The van der Waals surface area contributed by atoms with E-state index in [4.69, 9.17) is 10.00 Å². The van der Waals surface area contributed by atoms with Crippen molar-refractivity contribution in [2.75, 3.05) is 7.11 Å². The Labute approximate surface area is 117 Å². The molecule has 0 saturated carbocycles. The van der Waals surface area contributed by atoms with E-state index >= 15 is 0 Å². The lowest BCUT2D eigenvalue weighted by Gasteiger charge is -2.07. The quantitative estimate of drug-likeness (QED) is 0.908. The van der Waals surface area contributed by atoms with Crippen LogP contribution in [0.5, 0.6) is 5.75 Å². The zero-order chi connectivity index (χ0) is 14.4. The molecule has 4 heteroatoms. The molecule has 0 aliphatic heterocycles. The zero-order valence-corrected chi connectivity index (χ0v) is 11.2. The van der Waals surface area contributed by atoms with Gasteiger partial charge in [0, 0.05) is 13.1 Å². The summed E-state index contributed by atoms with van der Waals surface area (Å²) >= 11 is 0. The number of nitrogens with zero attached hydrogens (tertiary/aromatic N) is 1. The number of methoxy groups -OCH3 is 1. The number of hydrogen-bond donors (Lipinski definition) is 1. The maximum absolute atomic E-state index is 13.3. The standard InChI is InChI=1S/C16H15FN2O/c1-20-16-4-2-12(3-5-16)10-19-11-14-6-13(9-18)7-15(17)8-14/h2-8,19H,10-11H2,1H3. The Kier molecular flexibility index (Phi) is 4.70. The van der Waals surface area contributed by atoms with E-state index in [-0.39, 0.29) is 5.82 Å². The molecule has 0 aromatic heterocycles. The second-order valence-corrected chi connectivity index (χ2v) is 4.41. The van der Waals surface area contributed by atoms with Gasteiger partial charge in [-0.25, -0.2) is 4.39 Å². The minimum Gasteiger partial charge on any atom is -0.497 e. The molecule has 0 fully saturated rings. The van der Waals surface area contributed by atoms with Gasteiger partial charge in [-0.1, -0.05) is 12.1 Å². The molecule has 2 rings (SSSR count). The van der Waals surface area contributed by atoms with Crippen LogP contribution in [0.1, 0.15) is 16.7 Å². The normalized spacial score (nSPS) is 10.1. The lowest BCUT2D eigenvalue weighted by atomic mass is 10.1. The van der Waals surface area contributed by atoms with Crippen LogP contribution >= 0.6 is 0 Å². The highest BCUT2D eigenvalue weighted by atomic mass is 19.1. The summed E-state index contributed by atoms with van der Waals surface area (Å²) in [5.41, 5.74) is 2.21. The second-order valence-electron chi connectivity index (χ2n) is 4.41. The molecular weight excluding hydrogens is 255 g/mol. The Hall–Kier alpha value is -2.38. The fourth-order valence-corrected chi connectivity index (χ4v) is 1.91. The number of hydrogen-bond acceptors (Lipinski definition) is 3. The molecule has 2 aromatic carbocycles. The number of benzene rings is 2. The fourth-order valence-electron chi connectivity index (χ4n) is 1.91. The molecule has 0 amide bonds. The van der Waals surface area contributed by atoms with Crippen LogP contribution in [0.3, 0.4) is 0 Å². The van der Waals surface area contributed by atoms with Crippen LogP contribution in [0.15, 0.2) is 42.5 Å². The van der Waals surface area contributed by atoms with Crippen molar-refractivity contribution < 1.29 is 9.13 Å². The van der Waals surface area contributed by atoms with Crippen molar-refractivity contribution in [3.05, 3.63) is 65.0 Å². The summed E-state index contributed by atoms with van der Waals surface area (Å²) in [6, 6.07) is 14.0. The molecule has 0 saturated heterocycles. The van der Waals surface area contributed by atoms with Crippen molar-refractivity contribution in [2.45, 2.75) is 13.1 Å². The summed E-state index contributed by atoms with van der Waals surface area (Å²) in [6.07, 6.45) is 0. The molecule has 20 heavy (non-hydrogen) atoms. The third-order valence-electron chi connectivity index (χ3n) is 2.90. The summed E-state index contributed by atoms with van der Waals surface area (Å²) in [7, 11) is 1.63. The van der Waals surface area contributed by atoms with Gasteiger partial charge in [-0.3, -0.25) is 0 Å².